The van der Waals surface area contributed by atoms with E-state index in [1.54, 1.807) is 12.1 Å². The normalized spacial score (nSPS) is 16.7. The molecule has 1 aromatic rings. The first-order valence-corrected chi connectivity index (χ1v) is 9.27. The van der Waals surface area contributed by atoms with E-state index in [-0.39, 0.29) is 11.6 Å². The first-order chi connectivity index (χ1) is 11.7. The fourth-order valence-electron chi connectivity index (χ4n) is 2.95. The zero-order chi connectivity index (χ0) is 18.6. The van der Waals surface area contributed by atoms with Crippen molar-refractivity contribution in [3.63, 3.8) is 0 Å². The first kappa shape index (κ1) is 20.1. The Morgan fingerprint density at radius 3 is 2.44 bits per heavy atom. The maximum atomic E-state index is 11.4. The van der Waals surface area contributed by atoms with Crippen molar-refractivity contribution in [3.05, 3.63) is 28.2 Å². The number of ether oxygens (including phenoxy) is 1. The van der Waals surface area contributed by atoms with E-state index >= 15 is 0 Å². The van der Waals surface area contributed by atoms with Crippen LogP contribution in [-0.2, 0) is 0 Å². The van der Waals surface area contributed by atoms with Crippen molar-refractivity contribution in [1.29, 1.82) is 0 Å². The van der Waals surface area contributed by atoms with Gasteiger partial charge in [-0.05, 0) is 45.7 Å². The smallest absolute Gasteiger partial charge is 0.407 e. The van der Waals surface area contributed by atoms with Crippen LogP contribution in [0, 0.1) is 0 Å². The molecule has 140 valence electrons. The molecule has 1 heterocycles. The minimum atomic E-state index is -0.870. The van der Waals surface area contributed by atoms with Gasteiger partial charge in [0, 0.05) is 37.8 Å². The zero-order valence-corrected chi connectivity index (χ0v) is 16.5. The Morgan fingerprint density at radius 2 is 1.92 bits per heavy atom. The van der Waals surface area contributed by atoms with Crippen LogP contribution in [0.15, 0.2) is 18.2 Å². The van der Waals surface area contributed by atoms with E-state index in [4.69, 9.17) is 27.9 Å². The van der Waals surface area contributed by atoms with Crippen LogP contribution in [-0.4, -0.2) is 58.8 Å². The van der Waals surface area contributed by atoms with Crippen LogP contribution in [0.4, 0.5) is 4.79 Å². The van der Waals surface area contributed by atoms with Crippen LogP contribution in [0.5, 0.6) is 5.75 Å². The van der Waals surface area contributed by atoms with Gasteiger partial charge < -0.3 is 19.6 Å². The molecule has 0 atom stereocenters. The highest BCUT2D eigenvalue weighted by Crippen LogP contribution is 2.28. The van der Waals surface area contributed by atoms with E-state index < -0.39 is 6.09 Å². The molecule has 7 heteroatoms. The summed E-state index contributed by atoms with van der Waals surface area (Å²) in [4.78, 5) is 15.2. The van der Waals surface area contributed by atoms with Gasteiger partial charge in [-0.2, -0.15) is 0 Å². The molecular weight excluding hydrogens is 363 g/mol. The molecule has 1 N–H and O–H groups in total. The summed E-state index contributed by atoms with van der Waals surface area (Å²) in [5.41, 5.74) is -0.388. The van der Waals surface area contributed by atoms with Crippen LogP contribution in [0.2, 0.25) is 10.0 Å². The third-order valence-corrected chi connectivity index (χ3v) is 5.15. The Bertz CT molecular complexity index is 596. The third-order valence-electron chi connectivity index (χ3n) is 4.41. The van der Waals surface area contributed by atoms with Gasteiger partial charge in [-0.25, -0.2) is 4.79 Å². The number of piperidine rings is 1. The summed E-state index contributed by atoms with van der Waals surface area (Å²) in [5, 5.41) is 10.4. The molecule has 2 rings (SSSR count). The lowest BCUT2D eigenvalue weighted by Gasteiger charge is -2.37. The largest absolute Gasteiger partial charge is 0.490 e. The second kappa shape index (κ2) is 8.47. The van der Waals surface area contributed by atoms with Crippen molar-refractivity contribution >= 4 is 29.3 Å². The standard InChI is InChI=1S/C18H26Cl2N2O3/c1-18(2,3)22(17(23)24)11-10-21-8-6-13(7-9-21)25-14-4-5-15(19)16(20)12-14/h4-5,12-13H,6-11H2,1-3H3,(H,23,24). The molecule has 1 amide bonds. The van der Waals surface area contributed by atoms with Crippen molar-refractivity contribution in [3.8, 4) is 5.75 Å². The van der Waals surface area contributed by atoms with Crippen molar-refractivity contribution in [1.82, 2.24) is 9.80 Å². The minimum absolute atomic E-state index is 0.145. The summed E-state index contributed by atoms with van der Waals surface area (Å²) in [5.74, 6) is 0.734. The molecule has 0 bridgehead atoms. The number of hydrogen-bond donors (Lipinski definition) is 1. The molecule has 1 saturated heterocycles. The van der Waals surface area contributed by atoms with Crippen LogP contribution in [0.3, 0.4) is 0 Å². The summed E-state index contributed by atoms with van der Waals surface area (Å²) in [6.07, 6.45) is 1.09. The Labute approximate surface area is 159 Å². The number of benzene rings is 1. The lowest BCUT2D eigenvalue weighted by molar-refractivity contribution is 0.0705. The average molecular weight is 389 g/mol. The second-order valence-electron chi connectivity index (χ2n) is 7.34. The Hall–Kier alpha value is -1.17. The molecule has 1 aliphatic rings. The van der Waals surface area contributed by atoms with Gasteiger partial charge >= 0.3 is 6.09 Å². The van der Waals surface area contributed by atoms with Crippen LogP contribution in [0.1, 0.15) is 33.6 Å². The Balaban J connectivity index is 1.79. The first-order valence-electron chi connectivity index (χ1n) is 8.51. The average Bonchev–Trinajstić information content (AvgIpc) is 2.51. The Morgan fingerprint density at radius 1 is 1.28 bits per heavy atom. The zero-order valence-electron chi connectivity index (χ0n) is 15.0. The number of nitrogens with zero attached hydrogens (tertiary/aromatic N) is 2. The van der Waals surface area contributed by atoms with E-state index in [0.717, 1.165) is 38.2 Å². The van der Waals surface area contributed by atoms with Gasteiger partial charge in [0.1, 0.15) is 11.9 Å². The number of amides is 1. The van der Waals surface area contributed by atoms with Crippen LogP contribution in [0.25, 0.3) is 0 Å². The molecule has 0 aromatic heterocycles. The lowest BCUT2D eigenvalue weighted by atomic mass is 10.1. The number of rotatable bonds is 5. The minimum Gasteiger partial charge on any atom is -0.490 e. The molecule has 1 aromatic carbocycles. The molecule has 0 radical (unpaired) electrons. The van der Waals surface area contributed by atoms with Gasteiger partial charge in [-0.15, -0.1) is 0 Å². The van der Waals surface area contributed by atoms with Gasteiger partial charge in [0.2, 0.25) is 0 Å². The molecule has 1 aliphatic heterocycles. The predicted molar refractivity (Wildman–Crippen MR) is 101 cm³/mol. The van der Waals surface area contributed by atoms with Crippen LogP contribution < -0.4 is 4.74 Å². The summed E-state index contributed by atoms with van der Waals surface area (Å²) in [7, 11) is 0. The van der Waals surface area contributed by atoms with E-state index in [1.165, 1.54) is 4.90 Å². The molecule has 0 aliphatic carbocycles. The highest BCUT2D eigenvalue weighted by atomic mass is 35.5. The highest BCUT2D eigenvalue weighted by molar-refractivity contribution is 6.42. The summed E-state index contributed by atoms with van der Waals surface area (Å²) >= 11 is 11.9. The highest BCUT2D eigenvalue weighted by Gasteiger charge is 2.27. The topological polar surface area (TPSA) is 53.0 Å². The maximum absolute atomic E-state index is 11.4. The fraction of sp³-hybridized carbons (Fsp3) is 0.611. The van der Waals surface area contributed by atoms with Gasteiger partial charge in [0.15, 0.2) is 0 Å². The van der Waals surface area contributed by atoms with Gasteiger partial charge in [-0.1, -0.05) is 23.2 Å². The van der Waals surface area contributed by atoms with E-state index in [9.17, 15) is 9.90 Å². The van der Waals surface area contributed by atoms with Gasteiger partial charge in [0.05, 0.1) is 10.0 Å². The molecule has 1 fully saturated rings. The molecule has 0 spiro atoms. The number of carboxylic acid groups (broad SMARTS) is 1. The number of likely N-dealkylation sites (tertiary alicyclic amines) is 1. The maximum Gasteiger partial charge on any atom is 0.407 e. The van der Waals surface area contributed by atoms with E-state index in [2.05, 4.69) is 4.90 Å². The molecule has 0 unspecified atom stereocenters. The molecule has 5 nitrogen and oxygen atoms in total. The Kier molecular flexibility index (Phi) is 6.83. The molecule has 0 saturated carbocycles. The molecule has 25 heavy (non-hydrogen) atoms. The van der Waals surface area contributed by atoms with Crippen molar-refractivity contribution in [2.24, 2.45) is 0 Å². The second-order valence-corrected chi connectivity index (χ2v) is 8.15. The van der Waals surface area contributed by atoms with Crippen LogP contribution >= 0.6 is 23.2 Å². The SMILES string of the molecule is CC(C)(C)N(CCN1CCC(Oc2ccc(Cl)c(Cl)c2)CC1)C(=O)O. The van der Waals surface area contributed by atoms with Crippen molar-refractivity contribution in [2.75, 3.05) is 26.2 Å². The summed E-state index contributed by atoms with van der Waals surface area (Å²) in [6, 6.07) is 5.31. The predicted octanol–water partition coefficient (Wildman–Crippen LogP) is 4.62. The van der Waals surface area contributed by atoms with Gasteiger partial charge in [-0.3, -0.25) is 0 Å². The van der Waals surface area contributed by atoms with Gasteiger partial charge in [0.25, 0.3) is 0 Å². The third kappa shape index (κ3) is 5.94. The number of hydrogen-bond acceptors (Lipinski definition) is 3. The quantitative estimate of drug-likeness (QED) is 0.799. The summed E-state index contributed by atoms with van der Waals surface area (Å²) in [6.45, 7) is 8.78. The molecular formula is C18H26Cl2N2O3. The van der Waals surface area contributed by atoms with E-state index in [0.29, 0.717) is 16.6 Å². The van der Waals surface area contributed by atoms with E-state index in [1.807, 2.05) is 26.8 Å². The fourth-order valence-corrected chi connectivity index (χ4v) is 3.24. The lowest BCUT2D eigenvalue weighted by Crippen LogP contribution is -2.49. The summed E-state index contributed by atoms with van der Waals surface area (Å²) < 4.78 is 5.98. The van der Waals surface area contributed by atoms with Crippen molar-refractivity contribution in [2.45, 2.75) is 45.3 Å². The van der Waals surface area contributed by atoms with Crippen molar-refractivity contribution < 1.29 is 14.6 Å². The monoisotopic (exact) mass is 388 g/mol. The number of carbonyl (C=O) groups is 1. The number of halogens is 2.